The zero-order valence-corrected chi connectivity index (χ0v) is 13.0. The van der Waals surface area contributed by atoms with Gasteiger partial charge in [0.1, 0.15) is 5.15 Å². The number of aryl methyl sites for hydroxylation is 2. The molecule has 1 aromatic rings. The maximum Gasteiger partial charge on any atom is 0.131 e. The van der Waals surface area contributed by atoms with Crippen molar-refractivity contribution in [1.29, 1.82) is 0 Å². The highest BCUT2D eigenvalue weighted by atomic mass is 35.5. The van der Waals surface area contributed by atoms with E-state index in [0.717, 1.165) is 29.5 Å². The van der Waals surface area contributed by atoms with Gasteiger partial charge in [-0.2, -0.15) is 5.10 Å². The molecule has 2 rings (SSSR count). The molecule has 0 radical (unpaired) electrons. The van der Waals surface area contributed by atoms with Crippen LogP contribution in [-0.4, -0.2) is 40.4 Å². The van der Waals surface area contributed by atoms with Crippen molar-refractivity contribution in [3.63, 3.8) is 0 Å². The van der Waals surface area contributed by atoms with Crippen LogP contribution in [0.5, 0.6) is 0 Å². The van der Waals surface area contributed by atoms with E-state index in [0.29, 0.717) is 6.04 Å². The lowest BCUT2D eigenvalue weighted by Gasteiger charge is -2.32. The fourth-order valence-electron chi connectivity index (χ4n) is 2.77. The average molecular weight is 285 g/mol. The van der Waals surface area contributed by atoms with Crippen molar-refractivity contribution < 1.29 is 0 Å². The molecule has 0 bridgehead atoms. The summed E-state index contributed by atoms with van der Waals surface area (Å²) < 4.78 is 1.74. The second-order valence-electron chi connectivity index (χ2n) is 5.55. The molecule has 108 valence electrons. The van der Waals surface area contributed by atoms with Crippen LogP contribution in [0.15, 0.2) is 0 Å². The van der Waals surface area contributed by atoms with Crippen molar-refractivity contribution >= 4 is 11.6 Å². The second-order valence-corrected chi connectivity index (χ2v) is 5.91. The summed E-state index contributed by atoms with van der Waals surface area (Å²) in [6.45, 7) is 8.61. The van der Waals surface area contributed by atoms with Crippen LogP contribution in [0.3, 0.4) is 0 Å². The normalized spacial score (nSPS) is 18.7. The highest BCUT2D eigenvalue weighted by molar-refractivity contribution is 6.30. The molecule has 1 atom stereocenters. The second kappa shape index (κ2) is 6.73. The van der Waals surface area contributed by atoms with E-state index in [1.54, 1.807) is 4.68 Å². The average Bonchev–Trinajstić information content (AvgIpc) is 2.66. The smallest absolute Gasteiger partial charge is 0.131 e. The zero-order valence-electron chi connectivity index (χ0n) is 12.2. The predicted octanol–water partition coefficient (Wildman–Crippen LogP) is 2.35. The molecular formula is C14H25ClN4. The maximum absolute atomic E-state index is 6.23. The van der Waals surface area contributed by atoms with Crippen LogP contribution in [0.1, 0.15) is 37.4 Å². The van der Waals surface area contributed by atoms with Gasteiger partial charge in [-0.25, -0.2) is 0 Å². The summed E-state index contributed by atoms with van der Waals surface area (Å²) in [6.07, 6.45) is 4.08. The zero-order chi connectivity index (χ0) is 13.8. The maximum atomic E-state index is 6.23. The van der Waals surface area contributed by atoms with E-state index in [1.807, 2.05) is 14.0 Å². The number of nitrogens with zero attached hydrogens (tertiary/aromatic N) is 3. The van der Waals surface area contributed by atoms with Crippen molar-refractivity contribution in [3.8, 4) is 0 Å². The summed E-state index contributed by atoms with van der Waals surface area (Å²) in [6, 6.07) is 0.594. The Morgan fingerprint density at radius 2 is 2.00 bits per heavy atom. The molecule has 19 heavy (non-hydrogen) atoms. The van der Waals surface area contributed by atoms with Gasteiger partial charge in [0.2, 0.25) is 0 Å². The fourth-order valence-corrected chi connectivity index (χ4v) is 3.01. The first-order chi connectivity index (χ1) is 9.09. The van der Waals surface area contributed by atoms with E-state index < -0.39 is 0 Å². The largest absolute Gasteiger partial charge is 0.311 e. The number of halogens is 1. The van der Waals surface area contributed by atoms with Crippen LogP contribution in [0, 0.1) is 6.92 Å². The molecule has 0 amide bonds. The quantitative estimate of drug-likeness (QED) is 0.901. The number of nitrogens with one attached hydrogen (secondary N) is 1. The topological polar surface area (TPSA) is 33.1 Å². The van der Waals surface area contributed by atoms with Gasteiger partial charge in [0.25, 0.3) is 0 Å². The van der Waals surface area contributed by atoms with Gasteiger partial charge in [-0.3, -0.25) is 9.58 Å². The molecule has 1 aliphatic heterocycles. The summed E-state index contributed by atoms with van der Waals surface area (Å²) in [5.74, 6) is 0. The molecule has 2 heterocycles. The van der Waals surface area contributed by atoms with Crippen molar-refractivity contribution in [2.24, 2.45) is 7.05 Å². The number of hydrogen-bond acceptors (Lipinski definition) is 3. The lowest BCUT2D eigenvalue weighted by Crippen LogP contribution is -2.43. The standard InChI is InChI=1S/C14H25ClN4/c1-11(19-7-5-4-6-8-19)9-16-10-13-12(2)17-18(3)14(13)15/h11,16H,4-10H2,1-3H3. The minimum absolute atomic E-state index is 0.594. The molecule has 1 unspecified atom stereocenters. The molecule has 4 nitrogen and oxygen atoms in total. The van der Waals surface area contributed by atoms with Gasteiger partial charge in [-0.15, -0.1) is 0 Å². The van der Waals surface area contributed by atoms with Crippen LogP contribution in [0.25, 0.3) is 0 Å². The van der Waals surface area contributed by atoms with E-state index in [1.165, 1.54) is 32.4 Å². The summed E-state index contributed by atoms with van der Waals surface area (Å²) in [5, 5.41) is 8.59. The van der Waals surface area contributed by atoms with Gasteiger partial charge >= 0.3 is 0 Å². The van der Waals surface area contributed by atoms with Crippen molar-refractivity contribution in [2.45, 2.75) is 45.7 Å². The molecule has 0 saturated carbocycles. The monoisotopic (exact) mass is 284 g/mol. The minimum atomic E-state index is 0.594. The first-order valence-corrected chi connectivity index (χ1v) is 7.60. The Bertz CT molecular complexity index is 410. The molecular weight excluding hydrogens is 260 g/mol. The van der Waals surface area contributed by atoms with Crippen LogP contribution in [-0.2, 0) is 13.6 Å². The van der Waals surface area contributed by atoms with E-state index in [-0.39, 0.29) is 0 Å². The Hall–Kier alpha value is -0.580. The Morgan fingerprint density at radius 3 is 2.58 bits per heavy atom. The molecule has 1 N–H and O–H groups in total. The van der Waals surface area contributed by atoms with Gasteiger partial charge in [0.05, 0.1) is 5.69 Å². The van der Waals surface area contributed by atoms with Gasteiger partial charge in [-0.05, 0) is 39.8 Å². The van der Waals surface area contributed by atoms with Gasteiger partial charge < -0.3 is 5.32 Å². The van der Waals surface area contributed by atoms with E-state index in [4.69, 9.17) is 11.6 Å². The number of rotatable bonds is 5. The lowest BCUT2D eigenvalue weighted by atomic mass is 10.1. The lowest BCUT2D eigenvalue weighted by molar-refractivity contribution is 0.170. The first kappa shape index (κ1) is 14.8. The van der Waals surface area contributed by atoms with Gasteiger partial charge in [0, 0.05) is 31.7 Å². The summed E-state index contributed by atoms with van der Waals surface area (Å²) >= 11 is 6.23. The molecule has 0 aliphatic carbocycles. The Balaban J connectivity index is 1.79. The third kappa shape index (κ3) is 3.71. The fraction of sp³-hybridized carbons (Fsp3) is 0.786. The highest BCUT2D eigenvalue weighted by Gasteiger charge is 2.17. The first-order valence-electron chi connectivity index (χ1n) is 7.22. The SMILES string of the molecule is Cc1nn(C)c(Cl)c1CNCC(C)N1CCCCC1. The number of piperidine rings is 1. The van der Waals surface area contributed by atoms with Gasteiger partial charge in [0.15, 0.2) is 0 Å². The van der Waals surface area contributed by atoms with Crippen molar-refractivity contribution in [1.82, 2.24) is 20.0 Å². The highest BCUT2D eigenvalue weighted by Crippen LogP contribution is 2.18. The third-order valence-electron chi connectivity index (χ3n) is 4.03. The third-order valence-corrected chi connectivity index (χ3v) is 4.50. The Morgan fingerprint density at radius 1 is 1.32 bits per heavy atom. The van der Waals surface area contributed by atoms with Crippen molar-refractivity contribution in [3.05, 3.63) is 16.4 Å². The molecule has 1 aromatic heterocycles. The Kier molecular flexibility index (Phi) is 5.25. The number of aromatic nitrogens is 2. The molecule has 1 aliphatic rings. The van der Waals surface area contributed by atoms with Crippen LogP contribution >= 0.6 is 11.6 Å². The number of hydrogen-bond donors (Lipinski definition) is 1. The van der Waals surface area contributed by atoms with Crippen molar-refractivity contribution in [2.75, 3.05) is 19.6 Å². The molecule has 0 aromatic carbocycles. The van der Waals surface area contributed by atoms with Crippen LogP contribution in [0.2, 0.25) is 5.15 Å². The predicted molar refractivity (Wildman–Crippen MR) is 79.5 cm³/mol. The molecule has 5 heteroatoms. The molecule has 0 spiro atoms. The Labute approximate surface area is 121 Å². The van der Waals surface area contributed by atoms with Crippen LogP contribution in [0.4, 0.5) is 0 Å². The van der Waals surface area contributed by atoms with Gasteiger partial charge in [-0.1, -0.05) is 18.0 Å². The van der Waals surface area contributed by atoms with E-state index in [2.05, 4.69) is 22.2 Å². The van der Waals surface area contributed by atoms with E-state index in [9.17, 15) is 0 Å². The molecule has 1 fully saturated rings. The summed E-state index contributed by atoms with van der Waals surface area (Å²) in [5.41, 5.74) is 2.14. The number of likely N-dealkylation sites (tertiary alicyclic amines) is 1. The van der Waals surface area contributed by atoms with Crippen LogP contribution < -0.4 is 5.32 Å². The molecule has 1 saturated heterocycles. The minimum Gasteiger partial charge on any atom is -0.311 e. The summed E-state index contributed by atoms with van der Waals surface area (Å²) in [7, 11) is 1.88. The summed E-state index contributed by atoms with van der Waals surface area (Å²) in [4.78, 5) is 2.58. The van der Waals surface area contributed by atoms with E-state index >= 15 is 0 Å².